The average molecular weight is 249 g/mol. The van der Waals surface area contributed by atoms with Crippen LogP contribution in [0.4, 0.5) is 10.6 Å². The van der Waals surface area contributed by atoms with E-state index in [1.54, 1.807) is 13.0 Å². The number of allylic oxidation sites excluding steroid dienone is 1. The lowest BCUT2D eigenvalue weighted by atomic mass is 9.97. The zero-order valence-corrected chi connectivity index (χ0v) is 10.7. The third kappa shape index (κ3) is 3.91. The molecular formula is C13H19N3O2. The molecule has 0 aromatic carbocycles. The highest BCUT2D eigenvalue weighted by atomic mass is 16.5. The normalized spacial score (nSPS) is 15.1. The van der Waals surface area contributed by atoms with Crippen molar-refractivity contribution in [1.82, 2.24) is 10.5 Å². The predicted octanol–water partition coefficient (Wildman–Crippen LogP) is 3.00. The summed E-state index contributed by atoms with van der Waals surface area (Å²) in [6, 6.07) is 1.45. The predicted molar refractivity (Wildman–Crippen MR) is 69.4 cm³/mol. The molecule has 0 aliphatic heterocycles. The van der Waals surface area contributed by atoms with Crippen LogP contribution in [0.1, 0.15) is 37.9 Å². The molecule has 0 unspecified atom stereocenters. The minimum atomic E-state index is -0.236. The molecule has 2 N–H and O–H groups in total. The minimum absolute atomic E-state index is 0.236. The van der Waals surface area contributed by atoms with Gasteiger partial charge in [-0.1, -0.05) is 16.8 Å². The number of rotatable bonds is 4. The van der Waals surface area contributed by atoms with Crippen molar-refractivity contribution in [2.24, 2.45) is 0 Å². The van der Waals surface area contributed by atoms with Crippen molar-refractivity contribution in [2.75, 3.05) is 11.9 Å². The van der Waals surface area contributed by atoms with E-state index in [1.165, 1.54) is 31.3 Å². The molecule has 1 aliphatic carbocycles. The third-order valence-corrected chi connectivity index (χ3v) is 2.99. The van der Waals surface area contributed by atoms with Crippen LogP contribution in [0.2, 0.25) is 0 Å². The van der Waals surface area contributed by atoms with Gasteiger partial charge in [-0.15, -0.1) is 0 Å². The fourth-order valence-electron chi connectivity index (χ4n) is 2.05. The summed E-state index contributed by atoms with van der Waals surface area (Å²) in [4.78, 5) is 11.5. The lowest BCUT2D eigenvalue weighted by molar-refractivity contribution is 0.252. The van der Waals surface area contributed by atoms with Gasteiger partial charge in [-0.05, 0) is 39.0 Å². The summed E-state index contributed by atoms with van der Waals surface area (Å²) in [5.41, 5.74) is 1.46. The van der Waals surface area contributed by atoms with Crippen LogP contribution in [-0.4, -0.2) is 17.7 Å². The molecule has 0 saturated carbocycles. The first-order chi connectivity index (χ1) is 8.74. The van der Waals surface area contributed by atoms with E-state index in [1.807, 2.05) is 0 Å². The van der Waals surface area contributed by atoms with E-state index in [0.29, 0.717) is 18.1 Å². The van der Waals surface area contributed by atoms with Gasteiger partial charge >= 0.3 is 6.03 Å². The first-order valence-electron chi connectivity index (χ1n) is 6.40. The Morgan fingerprint density at radius 1 is 1.50 bits per heavy atom. The summed E-state index contributed by atoms with van der Waals surface area (Å²) in [7, 11) is 0. The maximum Gasteiger partial charge on any atom is 0.320 e. The molecule has 1 aliphatic rings. The SMILES string of the molecule is Cc1cc(NC(=O)NCCC2=CCCCC2)no1. The van der Waals surface area contributed by atoms with Gasteiger partial charge in [0.05, 0.1) is 0 Å². The van der Waals surface area contributed by atoms with Crippen molar-refractivity contribution >= 4 is 11.8 Å². The Bertz CT molecular complexity index is 437. The molecule has 98 valence electrons. The van der Waals surface area contributed by atoms with E-state index < -0.39 is 0 Å². The Hall–Kier alpha value is -1.78. The summed E-state index contributed by atoms with van der Waals surface area (Å²) in [6.45, 7) is 2.44. The van der Waals surface area contributed by atoms with E-state index in [0.717, 1.165) is 6.42 Å². The van der Waals surface area contributed by atoms with Gasteiger partial charge in [0.1, 0.15) is 5.76 Å². The molecule has 0 saturated heterocycles. The minimum Gasteiger partial charge on any atom is -0.360 e. The van der Waals surface area contributed by atoms with Crippen LogP contribution in [0.15, 0.2) is 22.2 Å². The molecule has 0 radical (unpaired) electrons. The molecule has 1 aromatic heterocycles. The van der Waals surface area contributed by atoms with Gasteiger partial charge in [0.2, 0.25) is 0 Å². The maximum atomic E-state index is 11.5. The number of nitrogens with one attached hydrogen (secondary N) is 2. The maximum absolute atomic E-state index is 11.5. The molecular weight excluding hydrogens is 230 g/mol. The van der Waals surface area contributed by atoms with E-state index in [2.05, 4.69) is 21.9 Å². The number of urea groups is 1. The molecule has 0 bridgehead atoms. The van der Waals surface area contributed by atoms with Crippen LogP contribution in [0, 0.1) is 6.92 Å². The quantitative estimate of drug-likeness (QED) is 0.806. The standard InChI is InChI=1S/C13H19N3O2/c1-10-9-12(16-18-10)15-13(17)14-8-7-11-5-3-2-4-6-11/h5,9H,2-4,6-8H2,1H3,(H2,14,15,16,17). The Morgan fingerprint density at radius 3 is 3.06 bits per heavy atom. The number of aromatic nitrogens is 1. The number of carbonyl (C=O) groups is 1. The molecule has 0 atom stereocenters. The average Bonchev–Trinajstić information content (AvgIpc) is 2.76. The Labute approximate surface area is 107 Å². The fourth-order valence-corrected chi connectivity index (χ4v) is 2.05. The Morgan fingerprint density at radius 2 is 2.39 bits per heavy atom. The molecule has 0 fully saturated rings. The molecule has 18 heavy (non-hydrogen) atoms. The molecule has 1 aromatic rings. The highest BCUT2D eigenvalue weighted by Crippen LogP contribution is 2.19. The zero-order valence-electron chi connectivity index (χ0n) is 10.7. The van der Waals surface area contributed by atoms with Crippen LogP contribution in [-0.2, 0) is 0 Å². The van der Waals surface area contributed by atoms with E-state index in [9.17, 15) is 4.79 Å². The number of hydrogen-bond acceptors (Lipinski definition) is 3. The van der Waals surface area contributed by atoms with Gasteiger partial charge in [-0.3, -0.25) is 5.32 Å². The molecule has 1 heterocycles. The highest BCUT2D eigenvalue weighted by molar-refractivity contribution is 5.88. The summed E-state index contributed by atoms with van der Waals surface area (Å²) >= 11 is 0. The third-order valence-electron chi connectivity index (χ3n) is 2.99. The summed E-state index contributed by atoms with van der Waals surface area (Å²) in [6.07, 6.45) is 8.15. The topological polar surface area (TPSA) is 67.2 Å². The molecule has 5 heteroatoms. The van der Waals surface area contributed by atoms with Gasteiger partial charge < -0.3 is 9.84 Å². The lowest BCUT2D eigenvalue weighted by Gasteiger charge is -2.12. The lowest BCUT2D eigenvalue weighted by Crippen LogP contribution is -2.29. The summed E-state index contributed by atoms with van der Waals surface area (Å²) < 4.78 is 4.86. The second-order valence-electron chi connectivity index (χ2n) is 4.56. The number of carbonyl (C=O) groups excluding carboxylic acids is 1. The number of amides is 2. The van der Waals surface area contributed by atoms with Crippen LogP contribution in [0.25, 0.3) is 0 Å². The van der Waals surface area contributed by atoms with Gasteiger partial charge in [0.15, 0.2) is 5.82 Å². The molecule has 0 spiro atoms. The van der Waals surface area contributed by atoms with Gasteiger partial charge in [0.25, 0.3) is 0 Å². The van der Waals surface area contributed by atoms with Crippen LogP contribution in [0.3, 0.4) is 0 Å². The van der Waals surface area contributed by atoms with Crippen molar-refractivity contribution in [3.63, 3.8) is 0 Å². The van der Waals surface area contributed by atoms with Crippen molar-refractivity contribution in [2.45, 2.75) is 39.0 Å². The second kappa shape index (κ2) is 6.23. The van der Waals surface area contributed by atoms with Crippen molar-refractivity contribution in [3.05, 3.63) is 23.5 Å². The molecule has 2 amide bonds. The van der Waals surface area contributed by atoms with Gasteiger partial charge in [-0.2, -0.15) is 0 Å². The Kier molecular flexibility index (Phi) is 4.39. The number of aryl methyl sites for hydroxylation is 1. The number of hydrogen-bond donors (Lipinski definition) is 2. The van der Waals surface area contributed by atoms with E-state index in [-0.39, 0.29) is 6.03 Å². The van der Waals surface area contributed by atoms with Crippen LogP contribution in [0.5, 0.6) is 0 Å². The fraction of sp³-hybridized carbons (Fsp3) is 0.538. The first kappa shape index (κ1) is 12.7. The van der Waals surface area contributed by atoms with Gasteiger partial charge in [-0.25, -0.2) is 4.79 Å². The Balaban J connectivity index is 1.67. The van der Waals surface area contributed by atoms with Crippen molar-refractivity contribution in [1.29, 1.82) is 0 Å². The van der Waals surface area contributed by atoms with Crippen molar-refractivity contribution < 1.29 is 9.32 Å². The van der Waals surface area contributed by atoms with Crippen LogP contribution < -0.4 is 10.6 Å². The molecule has 2 rings (SSSR count). The van der Waals surface area contributed by atoms with Crippen molar-refractivity contribution in [3.8, 4) is 0 Å². The number of nitrogens with zero attached hydrogens (tertiary/aromatic N) is 1. The van der Waals surface area contributed by atoms with Crippen LogP contribution >= 0.6 is 0 Å². The van der Waals surface area contributed by atoms with E-state index in [4.69, 9.17) is 4.52 Å². The van der Waals surface area contributed by atoms with E-state index >= 15 is 0 Å². The smallest absolute Gasteiger partial charge is 0.320 e. The first-order valence-corrected chi connectivity index (χ1v) is 6.40. The second-order valence-corrected chi connectivity index (χ2v) is 4.56. The summed E-state index contributed by atoms with van der Waals surface area (Å²) in [5, 5.41) is 9.14. The monoisotopic (exact) mass is 249 g/mol. The number of anilines is 1. The molecule has 5 nitrogen and oxygen atoms in total. The summed E-state index contributed by atoms with van der Waals surface area (Å²) in [5.74, 6) is 1.12. The highest BCUT2D eigenvalue weighted by Gasteiger charge is 2.07. The zero-order chi connectivity index (χ0) is 12.8. The largest absolute Gasteiger partial charge is 0.360 e. The van der Waals surface area contributed by atoms with Gasteiger partial charge in [0, 0.05) is 12.6 Å².